The molecule has 0 bridgehead atoms. The average molecular weight is 593 g/mol. The zero-order valence-electron chi connectivity index (χ0n) is 22.6. The summed E-state index contributed by atoms with van der Waals surface area (Å²) in [7, 11) is 2.00. The van der Waals surface area contributed by atoms with Gasteiger partial charge in [0, 0.05) is 52.8 Å². The van der Waals surface area contributed by atoms with Crippen LogP contribution in [0.4, 0.5) is 23.4 Å². The van der Waals surface area contributed by atoms with Crippen molar-refractivity contribution in [1.29, 1.82) is 5.26 Å². The minimum absolute atomic E-state index is 0.0396. The van der Waals surface area contributed by atoms with Gasteiger partial charge in [0.05, 0.1) is 12.5 Å². The molecule has 0 amide bonds. The molecule has 1 N–H and O–H groups in total. The first-order valence-corrected chi connectivity index (χ1v) is 13.6. The van der Waals surface area contributed by atoms with Crippen molar-refractivity contribution in [3.63, 3.8) is 0 Å². The first kappa shape index (κ1) is 29.1. The van der Waals surface area contributed by atoms with E-state index in [4.69, 9.17) is 16.3 Å². The number of ether oxygens (including phenoxy) is 2. The normalized spacial score (nSPS) is 21.7. The fraction of sp³-hybridized carbons (Fsp3) is 0.464. The Labute approximate surface area is 239 Å². The molecule has 8 nitrogen and oxygen atoms in total. The molecule has 0 radical (unpaired) electrons. The monoisotopic (exact) mass is 592 g/mol. The Morgan fingerprint density at radius 3 is 2.71 bits per heavy atom. The molecule has 3 aromatic rings. The van der Waals surface area contributed by atoms with Gasteiger partial charge in [-0.3, -0.25) is 0 Å². The van der Waals surface area contributed by atoms with E-state index < -0.39 is 23.5 Å². The minimum Gasteiger partial charge on any atom is -0.462 e. The van der Waals surface area contributed by atoms with Crippen LogP contribution in [0, 0.1) is 17.1 Å². The fourth-order valence-electron chi connectivity index (χ4n) is 5.45. The van der Waals surface area contributed by atoms with Crippen LogP contribution in [0.25, 0.3) is 22.0 Å². The third kappa shape index (κ3) is 6.42. The standard InChI is InChI=1S/C28H29ClF4N6O2/c1-27(9-10-34)16-39(13-11-35-27)25-20-7-6-19(21-14-17(29)5-8-22(21)41-28(31,32)33)23(30)24(20)36-26(37-25)40-15-18-4-3-12-38(18)2/h5-8,14,18,35H,3-4,9,11-13,15-16H2,1-2H3/t18-,27-/m0/s1. The second kappa shape index (κ2) is 11.5. The number of hydrogen-bond donors (Lipinski definition) is 1. The summed E-state index contributed by atoms with van der Waals surface area (Å²) in [6.45, 7) is 4.68. The number of piperazine rings is 1. The van der Waals surface area contributed by atoms with Crippen LogP contribution in [0.1, 0.15) is 26.2 Å². The highest BCUT2D eigenvalue weighted by molar-refractivity contribution is 6.31. The molecule has 41 heavy (non-hydrogen) atoms. The first-order chi connectivity index (χ1) is 19.5. The predicted molar refractivity (Wildman–Crippen MR) is 147 cm³/mol. The second-order valence-corrected chi connectivity index (χ2v) is 11.1. The molecule has 0 saturated carbocycles. The van der Waals surface area contributed by atoms with Gasteiger partial charge in [-0.2, -0.15) is 15.2 Å². The molecular formula is C28H29ClF4N6O2. The summed E-state index contributed by atoms with van der Waals surface area (Å²) in [5.41, 5.74) is -0.977. The average Bonchev–Trinajstić information content (AvgIpc) is 3.32. The summed E-state index contributed by atoms with van der Waals surface area (Å²) >= 11 is 6.08. The molecule has 3 heterocycles. The van der Waals surface area contributed by atoms with E-state index >= 15 is 4.39 Å². The molecular weight excluding hydrogens is 564 g/mol. The molecule has 2 aliphatic rings. The van der Waals surface area contributed by atoms with E-state index in [9.17, 15) is 18.4 Å². The molecule has 1 aromatic heterocycles. The van der Waals surface area contributed by atoms with Gasteiger partial charge in [-0.15, -0.1) is 13.2 Å². The van der Waals surface area contributed by atoms with Crippen molar-refractivity contribution in [2.75, 3.05) is 44.7 Å². The number of anilines is 1. The number of alkyl halides is 3. The molecule has 0 aliphatic carbocycles. The van der Waals surface area contributed by atoms with Gasteiger partial charge in [0.25, 0.3) is 0 Å². The lowest BCUT2D eigenvalue weighted by Crippen LogP contribution is -2.59. The molecule has 0 unspecified atom stereocenters. The van der Waals surface area contributed by atoms with Crippen LogP contribution in [0.2, 0.25) is 5.02 Å². The van der Waals surface area contributed by atoms with Crippen LogP contribution in [0.5, 0.6) is 11.8 Å². The van der Waals surface area contributed by atoms with Gasteiger partial charge in [0.1, 0.15) is 23.7 Å². The Kier molecular flexibility index (Phi) is 8.14. The number of rotatable bonds is 7. The zero-order valence-corrected chi connectivity index (χ0v) is 23.3. The topological polar surface area (TPSA) is 86.5 Å². The molecule has 0 spiro atoms. The molecule has 2 atom stereocenters. The fourth-order valence-corrected chi connectivity index (χ4v) is 5.62. The van der Waals surface area contributed by atoms with Crippen molar-refractivity contribution in [1.82, 2.24) is 20.2 Å². The van der Waals surface area contributed by atoms with Crippen molar-refractivity contribution >= 4 is 28.3 Å². The summed E-state index contributed by atoms with van der Waals surface area (Å²) < 4.78 is 65.9. The Hall–Kier alpha value is -3.40. The van der Waals surface area contributed by atoms with E-state index in [1.54, 1.807) is 6.07 Å². The maximum Gasteiger partial charge on any atom is 0.573 e. The third-order valence-electron chi connectivity index (χ3n) is 7.54. The van der Waals surface area contributed by atoms with Gasteiger partial charge in [-0.1, -0.05) is 17.7 Å². The van der Waals surface area contributed by atoms with Crippen LogP contribution < -0.4 is 19.7 Å². The van der Waals surface area contributed by atoms with Gasteiger partial charge in [0.2, 0.25) is 0 Å². The smallest absolute Gasteiger partial charge is 0.462 e. The van der Waals surface area contributed by atoms with Crippen LogP contribution >= 0.6 is 11.6 Å². The second-order valence-electron chi connectivity index (χ2n) is 10.7. The van der Waals surface area contributed by atoms with Crippen molar-refractivity contribution in [3.05, 3.63) is 41.2 Å². The minimum atomic E-state index is -4.99. The van der Waals surface area contributed by atoms with Gasteiger partial charge < -0.3 is 24.6 Å². The summed E-state index contributed by atoms with van der Waals surface area (Å²) in [5.74, 6) is -1.04. The number of benzene rings is 2. The zero-order chi connectivity index (χ0) is 29.4. The molecule has 2 aromatic carbocycles. The van der Waals surface area contributed by atoms with E-state index in [2.05, 4.69) is 31.0 Å². The summed E-state index contributed by atoms with van der Waals surface area (Å²) in [5, 5.41) is 13.2. The summed E-state index contributed by atoms with van der Waals surface area (Å²) in [6, 6.07) is 8.74. The summed E-state index contributed by atoms with van der Waals surface area (Å²) in [6.07, 6.45) is -2.76. The number of nitrogens with zero attached hydrogens (tertiary/aromatic N) is 5. The lowest BCUT2D eigenvalue weighted by atomic mass is 9.95. The maximum atomic E-state index is 16.3. The highest BCUT2D eigenvalue weighted by atomic mass is 35.5. The molecule has 2 saturated heterocycles. The van der Waals surface area contributed by atoms with Gasteiger partial charge in [0.15, 0.2) is 5.82 Å². The summed E-state index contributed by atoms with van der Waals surface area (Å²) in [4.78, 5) is 13.2. The number of likely N-dealkylation sites (tertiary alicyclic amines) is 1. The number of likely N-dealkylation sites (N-methyl/N-ethyl adjacent to an activating group) is 1. The number of halogens is 5. The van der Waals surface area contributed by atoms with E-state index in [0.29, 0.717) is 37.4 Å². The van der Waals surface area contributed by atoms with E-state index in [-0.39, 0.29) is 40.1 Å². The number of fused-ring (bicyclic) bond motifs is 1. The number of nitrogens with one attached hydrogen (secondary N) is 1. The largest absolute Gasteiger partial charge is 0.573 e. The third-order valence-corrected chi connectivity index (χ3v) is 7.78. The van der Waals surface area contributed by atoms with E-state index in [1.165, 1.54) is 18.2 Å². The van der Waals surface area contributed by atoms with Crippen LogP contribution in [0.15, 0.2) is 30.3 Å². The maximum absolute atomic E-state index is 16.3. The predicted octanol–water partition coefficient (Wildman–Crippen LogP) is 5.54. The molecule has 2 fully saturated rings. The lowest BCUT2D eigenvalue weighted by molar-refractivity contribution is -0.274. The van der Waals surface area contributed by atoms with Gasteiger partial charge in [-0.05, 0) is 57.6 Å². The van der Waals surface area contributed by atoms with Crippen molar-refractivity contribution in [2.24, 2.45) is 0 Å². The molecule has 218 valence electrons. The quantitative estimate of drug-likeness (QED) is 0.358. The Morgan fingerprint density at radius 1 is 1.20 bits per heavy atom. The van der Waals surface area contributed by atoms with Crippen LogP contribution in [-0.2, 0) is 0 Å². The lowest BCUT2D eigenvalue weighted by Gasteiger charge is -2.41. The van der Waals surface area contributed by atoms with Crippen molar-refractivity contribution in [2.45, 2.75) is 44.1 Å². The van der Waals surface area contributed by atoms with Gasteiger partial charge in [-0.25, -0.2) is 4.39 Å². The van der Waals surface area contributed by atoms with Crippen LogP contribution in [0.3, 0.4) is 0 Å². The van der Waals surface area contributed by atoms with Gasteiger partial charge >= 0.3 is 12.4 Å². The SMILES string of the molecule is CN1CCC[C@H]1COc1nc(N2CCN[C@@](C)(CC#N)C2)c2ccc(-c3cc(Cl)ccc3OC(F)(F)F)c(F)c2n1. The van der Waals surface area contributed by atoms with Crippen molar-refractivity contribution < 1.29 is 27.0 Å². The number of nitriles is 1. The van der Waals surface area contributed by atoms with Crippen molar-refractivity contribution in [3.8, 4) is 29.0 Å². The first-order valence-electron chi connectivity index (χ1n) is 13.2. The Bertz CT molecular complexity index is 1480. The van der Waals surface area contributed by atoms with E-state index in [0.717, 1.165) is 25.5 Å². The highest BCUT2D eigenvalue weighted by Crippen LogP contribution is 2.40. The Balaban J connectivity index is 1.62. The molecule has 13 heteroatoms. The Morgan fingerprint density at radius 2 is 2.00 bits per heavy atom. The number of aromatic nitrogens is 2. The highest BCUT2D eigenvalue weighted by Gasteiger charge is 2.34. The molecule has 2 aliphatic heterocycles. The molecule has 5 rings (SSSR count). The van der Waals surface area contributed by atoms with Crippen LogP contribution in [-0.4, -0.2) is 72.6 Å². The van der Waals surface area contributed by atoms with E-state index in [1.807, 2.05) is 18.9 Å². The number of hydrogen-bond acceptors (Lipinski definition) is 8.